The molecule has 0 aliphatic heterocycles. The average Bonchev–Trinajstić information content (AvgIpc) is 3.13. The van der Waals surface area contributed by atoms with Gasteiger partial charge in [0.25, 0.3) is 0 Å². The molecule has 0 fully saturated rings. The fourth-order valence-corrected chi connectivity index (χ4v) is 3.09. The molecule has 4 aromatic rings. The van der Waals surface area contributed by atoms with Crippen LogP contribution in [0.2, 0.25) is 0 Å². The van der Waals surface area contributed by atoms with Gasteiger partial charge in [0.15, 0.2) is 5.82 Å². The van der Waals surface area contributed by atoms with Crippen molar-refractivity contribution in [2.75, 3.05) is 5.32 Å². The maximum absolute atomic E-state index is 14.4. The molecule has 0 unspecified atom stereocenters. The van der Waals surface area contributed by atoms with Gasteiger partial charge in [-0.1, -0.05) is 42.5 Å². The fraction of sp³-hybridized carbons (Fsp3) is 0.136. The highest BCUT2D eigenvalue weighted by Crippen LogP contribution is 2.31. The Balaban J connectivity index is 1.74. The third-order valence-corrected chi connectivity index (χ3v) is 4.68. The van der Waals surface area contributed by atoms with Crippen LogP contribution in [0, 0.1) is 12.7 Å². The molecule has 0 amide bonds. The first-order valence-electron chi connectivity index (χ1n) is 9.01. The Morgan fingerprint density at radius 3 is 2.54 bits per heavy atom. The molecule has 0 saturated carbocycles. The van der Waals surface area contributed by atoms with E-state index in [9.17, 15) is 4.39 Å². The molecule has 0 atom stereocenters. The van der Waals surface area contributed by atoms with E-state index < -0.39 is 0 Å². The minimum absolute atomic E-state index is 0.317. The van der Waals surface area contributed by atoms with E-state index in [1.165, 1.54) is 17.2 Å². The number of aryl methyl sites for hydroxylation is 2. The molecule has 5 nitrogen and oxygen atoms in total. The molecule has 2 heterocycles. The monoisotopic (exact) mass is 373 g/mol. The Kier molecular flexibility index (Phi) is 4.85. The summed E-state index contributed by atoms with van der Waals surface area (Å²) in [5, 5.41) is 3.26. The number of hydrogen-bond donors (Lipinski definition) is 1. The van der Waals surface area contributed by atoms with Crippen molar-refractivity contribution >= 4 is 5.95 Å². The van der Waals surface area contributed by atoms with Gasteiger partial charge in [-0.3, -0.25) is 0 Å². The van der Waals surface area contributed by atoms with Crippen molar-refractivity contribution in [1.82, 2.24) is 19.5 Å². The van der Waals surface area contributed by atoms with Crippen molar-refractivity contribution in [3.8, 4) is 22.6 Å². The zero-order valence-corrected chi connectivity index (χ0v) is 15.7. The van der Waals surface area contributed by atoms with E-state index in [0.717, 1.165) is 0 Å². The molecule has 0 spiro atoms. The van der Waals surface area contributed by atoms with Crippen LogP contribution in [0.1, 0.15) is 11.1 Å². The smallest absolute Gasteiger partial charge is 0.223 e. The summed E-state index contributed by atoms with van der Waals surface area (Å²) in [5.74, 6) is 0.808. The molecule has 0 radical (unpaired) electrons. The lowest BCUT2D eigenvalue weighted by Crippen LogP contribution is -2.07. The van der Waals surface area contributed by atoms with Crippen molar-refractivity contribution < 1.29 is 4.39 Å². The summed E-state index contributed by atoms with van der Waals surface area (Å²) in [6.45, 7) is 2.67. The zero-order valence-electron chi connectivity index (χ0n) is 15.7. The minimum Gasteiger partial charge on any atom is -0.350 e. The van der Waals surface area contributed by atoms with Crippen LogP contribution in [0.3, 0.4) is 0 Å². The summed E-state index contributed by atoms with van der Waals surface area (Å²) < 4.78 is 16.3. The second-order valence-corrected chi connectivity index (χ2v) is 6.58. The number of anilines is 1. The van der Waals surface area contributed by atoms with Crippen molar-refractivity contribution in [3.63, 3.8) is 0 Å². The number of hydrogen-bond acceptors (Lipinski definition) is 4. The number of nitrogens with one attached hydrogen (secondary N) is 1. The Morgan fingerprint density at radius 2 is 1.79 bits per heavy atom. The first kappa shape index (κ1) is 17.9. The van der Waals surface area contributed by atoms with Crippen LogP contribution in [0.5, 0.6) is 0 Å². The molecule has 4 rings (SSSR count). The molecule has 140 valence electrons. The van der Waals surface area contributed by atoms with Crippen LogP contribution in [0.25, 0.3) is 22.6 Å². The van der Waals surface area contributed by atoms with E-state index in [-0.39, 0.29) is 5.82 Å². The first-order valence-corrected chi connectivity index (χ1v) is 9.01. The number of benzene rings is 2. The minimum atomic E-state index is -0.317. The number of nitrogens with zero attached hydrogens (tertiary/aromatic N) is 4. The topological polar surface area (TPSA) is 55.6 Å². The highest BCUT2D eigenvalue weighted by atomic mass is 19.1. The SMILES string of the molecule is Cc1ccccc1CNc1ncc(-c2ccccc2F)c(-c2nccn2C)n1. The highest BCUT2D eigenvalue weighted by Gasteiger charge is 2.17. The predicted octanol–water partition coefficient (Wildman–Crippen LogP) is 4.60. The fourth-order valence-electron chi connectivity index (χ4n) is 3.09. The molecule has 0 aliphatic rings. The average molecular weight is 373 g/mol. The van der Waals surface area contributed by atoms with E-state index in [0.29, 0.717) is 35.1 Å². The van der Waals surface area contributed by atoms with Gasteiger partial charge in [-0.05, 0) is 24.1 Å². The van der Waals surface area contributed by atoms with Crippen molar-refractivity contribution in [2.45, 2.75) is 13.5 Å². The first-order chi connectivity index (χ1) is 13.6. The van der Waals surface area contributed by atoms with Crippen molar-refractivity contribution in [1.29, 1.82) is 0 Å². The van der Waals surface area contributed by atoms with E-state index in [2.05, 4.69) is 39.3 Å². The third-order valence-electron chi connectivity index (χ3n) is 4.68. The van der Waals surface area contributed by atoms with Gasteiger partial charge in [-0.2, -0.15) is 0 Å². The van der Waals surface area contributed by atoms with Crippen molar-refractivity contribution in [2.24, 2.45) is 7.05 Å². The second kappa shape index (κ2) is 7.60. The standard InChI is InChI=1S/C22H20FN5/c1-15-7-3-4-8-16(15)13-25-22-26-14-18(17-9-5-6-10-19(17)23)20(27-22)21-24-11-12-28(21)2/h3-12,14H,13H2,1-2H3,(H,25,26,27). The molecule has 28 heavy (non-hydrogen) atoms. The molecular weight excluding hydrogens is 353 g/mol. The summed E-state index contributed by atoms with van der Waals surface area (Å²) >= 11 is 0. The lowest BCUT2D eigenvalue weighted by molar-refractivity contribution is 0.631. The predicted molar refractivity (Wildman–Crippen MR) is 108 cm³/mol. The van der Waals surface area contributed by atoms with Crippen LogP contribution < -0.4 is 5.32 Å². The molecule has 6 heteroatoms. The van der Waals surface area contributed by atoms with Crippen LogP contribution in [-0.4, -0.2) is 19.5 Å². The van der Waals surface area contributed by atoms with Gasteiger partial charge in [-0.25, -0.2) is 19.3 Å². The lowest BCUT2D eigenvalue weighted by Gasteiger charge is -2.13. The quantitative estimate of drug-likeness (QED) is 0.555. The summed E-state index contributed by atoms with van der Waals surface area (Å²) in [7, 11) is 1.88. The zero-order chi connectivity index (χ0) is 19.5. The largest absolute Gasteiger partial charge is 0.350 e. The Labute approximate surface area is 162 Å². The molecule has 0 bridgehead atoms. The van der Waals surface area contributed by atoms with E-state index >= 15 is 0 Å². The van der Waals surface area contributed by atoms with E-state index in [1.807, 2.05) is 29.9 Å². The van der Waals surface area contributed by atoms with Gasteiger partial charge >= 0.3 is 0 Å². The van der Waals surface area contributed by atoms with Gasteiger partial charge in [-0.15, -0.1) is 0 Å². The molecular formula is C22H20FN5. The Bertz CT molecular complexity index is 1120. The van der Waals surface area contributed by atoms with Crippen LogP contribution in [0.4, 0.5) is 10.3 Å². The molecule has 2 aromatic carbocycles. The Morgan fingerprint density at radius 1 is 1.00 bits per heavy atom. The maximum atomic E-state index is 14.4. The van der Waals surface area contributed by atoms with Gasteiger partial charge in [0.1, 0.15) is 11.5 Å². The van der Waals surface area contributed by atoms with Gasteiger partial charge in [0.05, 0.1) is 0 Å². The van der Waals surface area contributed by atoms with Crippen LogP contribution in [-0.2, 0) is 13.6 Å². The van der Waals surface area contributed by atoms with Crippen LogP contribution in [0.15, 0.2) is 67.1 Å². The summed E-state index contributed by atoms with van der Waals surface area (Å²) in [5.41, 5.74) is 4.00. The number of halogens is 1. The highest BCUT2D eigenvalue weighted by molar-refractivity contribution is 5.78. The summed E-state index contributed by atoms with van der Waals surface area (Å²) in [4.78, 5) is 13.5. The molecule has 1 N–H and O–H groups in total. The van der Waals surface area contributed by atoms with Gasteiger partial charge < -0.3 is 9.88 Å². The molecule has 0 aliphatic carbocycles. The molecule has 0 saturated heterocycles. The number of aromatic nitrogens is 4. The van der Waals surface area contributed by atoms with E-state index in [1.54, 1.807) is 30.6 Å². The van der Waals surface area contributed by atoms with Crippen molar-refractivity contribution in [3.05, 3.63) is 84.1 Å². The Hall–Kier alpha value is -3.54. The summed E-state index contributed by atoms with van der Waals surface area (Å²) in [6.07, 6.45) is 5.18. The summed E-state index contributed by atoms with van der Waals surface area (Å²) in [6, 6.07) is 14.8. The van der Waals surface area contributed by atoms with Crippen LogP contribution >= 0.6 is 0 Å². The van der Waals surface area contributed by atoms with Gasteiger partial charge in [0, 0.05) is 43.3 Å². The molecule has 2 aromatic heterocycles. The van der Waals surface area contributed by atoms with Gasteiger partial charge in [0.2, 0.25) is 5.95 Å². The third kappa shape index (κ3) is 3.49. The van der Waals surface area contributed by atoms with E-state index in [4.69, 9.17) is 0 Å². The maximum Gasteiger partial charge on any atom is 0.223 e. The number of rotatable bonds is 5. The number of imidazole rings is 1. The normalized spacial score (nSPS) is 10.8. The second-order valence-electron chi connectivity index (χ2n) is 6.58. The lowest BCUT2D eigenvalue weighted by atomic mass is 10.0.